The zero-order chi connectivity index (χ0) is 14.5. The molecule has 0 aliphatic carbocycles. The molecule has 0 saturated carbocycles. The largest absolute Gasteiger partial charge is 0.434 e. The van der Waals surface area contributed by atoms with Crippen LogP contribution in [-0.2, 0) is 0 Å². The number of para-hydroxylation sites is 1. The van der Waals surface area contributed by atoms with E-state index in [1.165, 1.54) is 12.1 Å². The highest BCUT2D eigenvalue weighted by atomic mass is 35.5. The van der Waals surface area contributed by atoms with Crippen LogP contribution >= 0.6 is 12.4 Å². The van der Waals surface area contributed by atoms with Crippen LogP contribution in [0.5, 0.6) is 5.75 Å². The lowest BCUT2D eigenvalue weighted by atomic mass is 10.0. The minimum Gasteiger partial charge on any atom is -0.434 e. The van der Waals surface area contributed by atoms with E-state index in [0.717, 1.165) is 12.8 Å². The minimum atomic E-state index is -2.93. The number of halogens is 3. The summed E-state index contributed by atoms with van der Waals surface area (Å²) < 4.78 is 29.1. The van der Waals surface area contributed by atoms with Crippen molar-refractivity contribution in [2.45, 2.75) is 25.5 Å². The normalized spacial score (nSPS) is 18.3. The highest BCUT2D eigenvalue weighted by molar-refractivity contribution is 5.97. The Labute approximate surface area is 128 Å². The first kappa shape index (κ1) is 17.7. The molecule has 1 aliphatic heterocycles. The maximum atomic E-state index is 12.4. The fraction of sp³-hybridized carbons (Fsp3) is 0.500. The number of alkyl halides is 2. The number of likely N-dealkylation sites (tertiary alicyclic amines) is 1. The molecule has 1 aliphatic rings. The number of hydrogen-bond acceptors (Lipinski definition) is 3. The molecule has 0 radical (unpaired) electrons. The topological polar surface area (TPSA) is 41.6 Å². The van der Waals surface area contributed by atoms with Crippen molar-refractivity contribution in [1.82, 2.24) is 10.2 Å². The van der Waals surface area contributed by atoms with E-state index in [0.29, 0.717) is 13.1 Å². The number of nitrogens with zero attached hydrogens (tertiary/aromatic N) is 1. The SMILES string of the molecule is CNC1CCCN(C(=O)c2ccccc2OC(F)F)C1.Cl. The maximum Gasteiger partial charge on any atom is 0.387 e. The third kappa shape index (κ3) is 4.54. The highest BCUT2D eigenvalue weighted by Gasteiger charge is 2.25. The number of rotatable bonds is 4. The third-order valence-electron chi connectivity index (χ3n) is 3.45. The second-order valence-corrected chi connectivity index (χ2v) is 4.75. The van der Waals surface area contributed by atoms with Gasteiger partial charge < -0.3 is 15.0 Å². The molecule has 4 nitrogen and oxygen atoms in total. The van der Waals surface area contributed by atoms with Crippen molar-refractivity contribution in [1.29, 1.82) is 0 Å². The number of piperidine rings is 1. The summed E-state index contributed by atoms with van der Waals surface area (Å²) in [5.74, 6) is -0.333. The molecule has 1 heterocycles. The van der Waals surface area contributed by atoms with E-state index in [2.05, 4.69) is 10.1 Å². The lowest BCUT2D eigenvalue weighted by Crippen LogP contribution is -2.47. The van der Waals surface area contributed by atoms with Gasteiger partial charge >= 0.3 is 6.61 Å². The molecule has 0 bridgehead atoms. The first-order chi connectivity index (χ1) is 9.61. The van der Waals surface area contributed by atoms with E-state index in [9.17, 15) is 13.6 Å². The zero-order valence-electron chi connectivity index (χ0n) is 11.7. The van der Waals surface area contributed by atoms with Crippen molar-refractivity contribution >= 4 is 18.3 Å². The number of carbonyl (C=O) groups excluding carboxylic acids is 1. The fourth-order valence-corrected chi connectivity index (χ4v) is 2.41. The number of benzene rings is 1. The van der Waals surface area contributed by atoms with Crippen molar-refractivity contribution < 1.29 is 18.3 Å². The Kier molecular flexibility index (Phi) is 6.84. The summed E-state index contributed by atoms with van der Waals surface area (Å²) in [7, 11) is 1.85. The fourth-order valence-electron chi connectivity index (χ4n) is 2.41. The molecule has 1 aromatic rings. The molecule has 2 rings (SSSR count). The van der Waals surface area contributed by atoms with Crippen LogP contribution in [0.1, 0.15) is 23.2 Å². The molecule has 1 saturated heterocycles. The molecule has 1 unspecified atom stereocenters. The van der Waals surface area contributed by atoms with Crippen LogP contribution in [0.3, 0.4) is 0 Å². The summed E-state index contributed by atoms with van der Waals surface area (Å²) in [4.78, 5) is 14.1. The van der Waals surface area contributed by atoms with E-state index in [-0.39, 0.29) is 35.7 Å². The van der Waals surface area contributed by atoms with Gasteiger partial charge in [0.2, 0.25) is 0 Å². The smallest absolute Gasteiger partial charge is 0.387 e. The van der Waals surface area contributed by atoms with E-state index in [4.69, 9.17) is 0 Å². The molecule has 118 valence electrons. The van der Waals surface area contributed by atoms with Gasteiger partial charge in [0.05, 0.1) is 5.56 Å². The lowest BCUT2D eigenvalue weighted by molar-refractivity contribution is -0.0503. The quantitative estimate of drug-likeness (QED) is 0.927. The van der Waals surface area contributed by atoms with Crippen LogP contribution in [0.2, 0.25) is 0 Å². The number of nitrogens with one attached hydrogen (secondary N) is 1. The Balaban J connectivity index is 0.00000220. The molecular weight excluding hydrogens is 302 g/mol. The molecule has 1 aromatic carbocycles. The Morgan fingerprint density at radius 2 is 2.14 bits per heavy atom. The highest BCUT2D eigenvalue weighted by Crippen LogP contribution is 2.23. The predicted molar refractivity (Wildman–Crippen MR) is 78.3 cm³/mol. The molecule has 7 heteroatoms. The van der Waals surface area contributed by atoms with Gasteiger partial charge in [0, 0.05) is 19.1 Å². The molecule has 0 aromatic heterocycles. The molecule has 1 N–H and O–H groups in total. The Bertz CT molecular complexity index is 474. The average molecular weight is 321 g/mol. The van der Waals surface area contributed by atoms with Crippen LogP contribution in [0.25, 0.3) is 0 Å². The standard InChI is InChI=1S/C14H18F2N2O2.ClH/c1-17-10-5-4-8-18(9-10)13(19)11-6-2-3-7-12(11)20-14(15)16;/h2-3,6-7,10,14,17H,4-5,8-9H2,1H3;1H. The van der Waals surface area contributed by atoms with Gasteiger partial charge in [-0.3, -0.25) is 4.79 Å². The van der Waals surface area contributed by atoms with Crippen LogP contribution in [-0.4, -0.2) is 43.6 Å². The first-order valence-corrected chi connectivity index (χ1v) is 6.62. The third-order valence-corrected chi connectivity index (χ3v) is 3.45. The molecule has 1 amide bonds. The lowest BCUT2D eigenvalue weighted by Gasteiger charge is -2.32. The van der Waals surface area contributed by atoms with E-state index >= 15 is 0 Å². The van der Waals surface area contributed by atoms with Gasteiger partial charge in [-0.1, -0.05) is 12.1 Å². The summed E-state index contributed by atoms with van der Waals surface area (Å²) in [6.07, 6.45) is 1.91. The number of carbonyl (C=O) groups is 1. The van der Waals surface area contributed by atoms with Gasteiger partial charge in [-0.05, 0) is 32.0 Å². The second-order valence-electron chi connectivity index (χ2n) is 4.75. The molecular formula is C14H19ClF2N2O2. The number of ether oxygens (including phenoxy) is 1. The number of amides is 1. The Morgan fingerprint density at radius 1 is 1.43 bits per heavy atom. The van der Waals surface area contributed by atoms with Gasteiger partial charge in [0.25, 0.3) is 5.91 Å². The molecule has 1 atom stereocenters. The van der Waals surface area contributed by atoms with Crippen LogP contribution in [0.4, 0.5) is 8.78 Å². The summed E-state index contributed by atoms with van der Waals surface area (Å²) in [6, 6.07) is 6.37. The van der Waals surface area contributed by atoms with Gasteiger partial charge in [-0.2, -0.15) is 8.78 Å². The summed E-state index contributed by atoms with van der Waals surface area (Å²) >= 11 is 0. The minimum absolute atomic E-state index is 0. The van der Waals surface area contributed by atoms with Crippen molar-refractivity contribution in [2.24, 2.45) is 0 Å². The van der Waals surface area contributed by atoms with Crippen molar-refractivity contribution in [3.05, 3.63) is 29.8 Å². The molecule has 21 heavy (non-hydrogen) atoms. The average Bonchev–Trinajstić information content (AvgIpc) is 2.46. The van der Waals surface area contributed by atoms with E-state index in [1.54, 1.807) is 17.0 Å². The zero-order valence-corrected chi connectivity index (χ0v) is 12.5. The van der Waals surface area contributed by atoms with E-state index < -0.39 is 6.61 Å². The van der Waals surface area contributed by atoms with Gasteiger partial charge in [0.15, 0.2) is 0 Å². The van der Waals surface area contributed by atoms with Crippen molar-refractivity contribution in [3.63, 3.8) is 0 Å². The Morgan fingerprint density at radius 3 is 2.81 bits per heavy atom. The van der Waals surface area contributed by atoms with Crippen LogP contribution in [0.15, 0.2) is 24.3 Å². The predicted octanol–water partition coefficient (Wildman–Crippen LogP) is 2.53. The monoisotopic (exact) mass is 320 g/mol. The van der Waals surface area contributed by atoms with Crippen LogP contribution in [0, 0.1) is 0 Å². The summed E-state index contributed by atoms with van der Waals surface area (Å²) in [6.45, 7) is -1.71. The van der Waals surface area contributed by atoms with Crippen LogP contribution < -0.4 is 10.1 Å². The first-order valence-electron chi connectivity index (χ1n) is 6.62. The summed E-state index contributed by atoms with van der Waals surface area (Å²) in [5, 5.41) is 3.14. The van der Waals surface area contributed by atoms with Crippen molar-refractivity contribution in [3.8, 4) is 5.75 Å². The summed E-state index contributed by atoms with van der Waals surface area (Å²) in [5.41, 5.74) is 0.185. The van der Waals surface area contributed by atoms with Gasteiger partial charge in [-0.25, -0.2) is 0 Å². The number of hydrogen-bond donors (Lipinski definition) is 1. The molecule has 0 spiro atoms. The second kappa shape index (κ2) is 8.14. The maximum absolute atomic E-state index is 12.4. The Hall–Kier alpha value is -1.40. The number of likely N-dealkylation sites (N-methyl/N-ethyl adjacent to an activating group) is 1. The molecule has 1 fully saturated rings. The van der Waals surface area contributed by atoms with Gasteiger partial charge in [0.1, 0.15) is 5.75 Å². The van der Waals surface area contributed by atoms with Gasteiger partial charge in [-0.15, -0.1) is 12.4 Å². The van der Waals surface area contributed by atoms with E-state index in [1.807, 2.05) is 7.05 Å². The van der Waals surface area contributed by atoms with Crippen molar-refractivity contribution in [2.75, 3.05) is 20.1 Å².